The molecular weight excluding hydrogens is 374 g/mol. The van der Waals surface area contributed by atoms with Crippen molar-refractivity contribution in [3.05, 3.63) is 64.4 Å². The number of ether oxygens (including phenoxy) is 1. The number of nitriles is 1. The number of nitrogens with one attached hydrogen (secondary N) is 1. The monoisotopic (exact) mass is 401 g/mol. The quantitative estimate of drug-likeness (QED) is 0.822. The van der Waals surface area contributed by atoms with Crippen LogP contribution in [0, 0.1) is 17.2 Å². The zero-order valence-corrected chi connectivity index (χ0v) is 17.7. The first-order valence-electron chi connectivity index (χ1n) is 10.7. The third kappa shape index (κ3) is 2.90. The number of ketones is 1. The molecule has 1 aromatic carbocycles. The Labute approximate surface area is 177 Å². The molecular formula is C25H27N3O2. The van der Waals surface area contributed by atoms with Gasteiger partial charge in [0.05, 0.1) is 12.1 Å². The molecule has 2 heterocycles. The van der Waals surface area contributed by atoms with E-state index in [2.05, 4.69) is 43.2 Å². The lowest BCUT2D eigenvalue weighted by Gasteiger charge is -2.35. The van der Waals surface area contributed by atoms with E-state index >= 15 is 0 Å². The normalized spacial score (nSPS) is 27.5. The second kappa shape index (κ2) is 6.85. The van der Waals surface area contributed by atoms with Gasteiger partial charge in [-0.2, -0.15) is 5.26 Å². The van der Waals surface area contributed by atoms with Crippen LogP contribution in [0.1, 0.15) is 42.6 Å². The number of hydrogen-bond donors (Lipinski definition) is 1. The highest BCUT2D eigenvalue weighted by Crippen LogP contribution is 2.48. The maximum Gasteiger partial charge on any atom is 0.191 e. The van der Waals surface area contributed by atoms with Gasteiger partial charge in [0.25, 0.3) is 0 Å². The van der Waals surface area contributed by atoms with Crippen molar-refractivity contribution in [3.8, 4) is 11.8 Å². The summed E-state index contributed by atoms with van der Waals surface area (Å²) in [4.78, 5) is 15.8. The van der Waals surface area contributed by atoms with Crippen molar-refractivity contribution in [2.24, 2.45) is 5.92 Å². The molecule has 0 bridgehead atoms. The molecule has 2 aliphatic heterocycles. The number of benzene rings is 1. The van der Waals surface area contributed by atoms with Crippen LogP contribution >= 0.6 is 0 Å². The Morgan fingerprint density at radius 1 is 1.27 bits per heavy atom. The Hall–Kier alpha value is -2.84. The van der Waals surface area contributed by atoms with Gasteiger partial charge in [-0.05, 0) is 55.8 Å². The van der Waals surface area contributed by atoms with Crippen molar-refractivity contribution in [2.75, 3.05) is 20.1 Å². The standard InChI is InChI=1S/C25H27N3O2/c1-25(2)20-13-17(30-16-8-10-28(3)11-9-16)5-7-18(20)23(29)22-19-6-4-15(14-26)12-21(19)27-24(22)25/h4-7,12-13,16,19,21,27H,8-11H2,1-3H3. The van der Waals surface area contributed by atoms with Crippen molar-refractivity contribution in [1.29, 1.82) is 5.26 Å². The molecule has 0 saturated carbocycles. The van der Waals surface area contributed by atoms with Crippen LogP contribution in [0.15, 0.2) is 53.3 Å². The Morgan fingerprint density at radius 3 is 2.77 bits per heavy atom. The van der Waals surface area contributed by atoms with Gasteiger partial charge in [0.15, 0.2) is 5.78 Å². The molecule has 5 rings (SSSR count). The van der Waals surface area contributed by atoms with Gasteiger partial charge in [0.1, 0.15) is 11.9 Å². The molecule has 30 heavy (non-hydrogen) atoms. The fourth-order valence-corrected chi connectivity index (χ4v) is 5.24. The Balaban J connectivity index is 1.47. The van der Waals surface area contributed by atoms with Crippen molar-refractivity contribution in [3.63, 3.8) is 0 Å². The summed E-state index contributed by atoms with van der Waals surface area (Å²) in [6.45, 7) is 6.42. The Bertz CT molecular complexity index is 1050. The SMILES string of the molecule is CN1CCC(Oc2ccc3c(c2)C(C)(C)C2=C(C3=O)C3C=CC(C#N)=CC3N2)CC1. The van der Waals surface area contributed by atoms with Crippen LogP contribution < -0.4 is 10.1 Å². The largest absolute Gasteiger partial charge is 0.490 e. The van der Waals surface area contributed by atoms with E-state index in [0.29, 0.717) is 5.57 Å². The predicted octanol–water partition coefficient (Wildman–Crippen LogP) is 3.50. The number of Topliss-reactive ketones (excluding diaryl/α,β-unsaturated/α-hetero) is 1. The summed E-state index contributed by atoms with van der Waals surface area (Å²) in [7, 11) is 2.14. The second-order valence-corrected chi connectivity index (χ2v) is 9.36. The Kier molecular flexibility index (Phi) is 4.37. The number of allylic oxidation sites excluding steroid dienone is 3. The molecule has 5 heteroatoms. The predicted molar refractivity (Wildman–Crippen MR) is 115 cm³/mol. The molecule has 0 spiro atoms. The van der Waals surface area contributed by atoms with Crippen LogP contribution in [-0.2, 0) is 5.41 Å². The minimum Gasteiger partial charge on any atom is -0.490 e. The molecule has 1 N–H and O–H groups in total. The van der Waals surface area contributed by atoms with Crippen LogP contribution in [0.4, 0.5) is 0 Å². The molecule has 1 aromatic rings. The Morgan fingerprint density at radius 2 is 2.03 bits per heavy atom. The molecule has 2 aliphatic carbocycles. The van der Waals surface area contributed by atoms with E-state index in [1.807, 2.05) is 30.4 Å². The molecule has 4 aliphatic rings. The molecule has 0 amide bonds. The molecule has 154 valence electrons. The lowest BCUT2D eigenvalue weighted by molar-refractivity contribution is 0.101. The first kappa shape index (κ1) is 19.1. The summed E-state index contributed by atoms with van der Waals surface area (Å²) in [6.07, 6.45) is 8.03. The molecule has 2 unspecified atom stereocenters. The van der Waals surface area contributed by atoms with E-state index < -0.39 is 0 Å². The van der Waals surface area contributed by atoms with Crippen LogP contribution in [-0.4, -0.2) is 43.0 Å². The summed E-state index contributed by atoms with van der Waals surface area (Å²) in [5.74, 6) is 0.908. The number of nitrogens with zero attached hydrogens (tertiary/aromatic N) is 2. The van der Waals surface area contributed by atoms with Crippen molar-refractivity contribution in [2.45, 2.75) is 44.2 Å². The van der Waals surface area contributed by atoms with E-state index in [9.17, 15) is 10.1 Å². The lowest BCUT2D eigenvalue weighted by Crippen LogP contribution is -2.37. The fraction of sp³-hybridized carbons (Fsp3) is 0.440. The average Bonchev–Trinajstić information content (AvgIpc) is 3.14. The number of likely N-dealkylation sites (tertiary alicyclic amines) is 1. The highest BCUT2D eigenvalue weighted by atomic mass is 16.5. The summed E-state index contributed by atoms with van der Waals surface area (Å²) in [5.41, 5.74) is 3.89. The van der Waals surface area contributed by atoms with Crippen molar-refractivity contribution >= 4 is 5.78 Å². The minimum absolute atomic E-state index is 0.0211. The zero-order chi connectivity index (χ0) is 21.0. The molecule has 1 fully saturated rings. The molecule has 2 atom stereocenters. The number of piperidine rings is 1. The fourth-order valence-electron chi connectivity index (χ4n) is 5.24. The summed E-state index contributed by atoms with van der Waals surface area (Å²) >= 11 is 0. The first-order valence-corrected chi connectivity index (χ1v) is 10.7. The molecule has 5 nitrogen and oxygen atoms in total. The number of carbonyl (C=O) groups is 1. The maximum absolute atomic E-state index is 13.5. The average molecular weight is 402 g/mol. The summed E-state index contributed by atoms with van der Waals surface area (Å²) in [6, 6.07) is 8.11. The highest BCUT2D eigenvalue weighted by molar-refractivity contribution is 6.13. The minimum atomic E-state index is -0.337. The van der Waals surface area contributed by atoms with Gasteiger partial charge in [0, 0.05) is 46.8 Å². The van der Waals surface area contributed by atoms with Crippen molar-refractivity contribution in [1.82, 2.24) is 10.2 Å². The van der Waals surface area contributed by atoms with Crippen molar-refractivity contribution < 1.29 is 9.53 Å². The second-order valence-electron chi connectivity index (χ2n) is 9.36. The number of hydrogen-bond acceptors (Lipinski definition) is 5. The molecule has 0 radical (unpaired) electrons. The van der Waals surface area contributed by atoms with Gasteiger partial charge < -0.3 is 15.0 Å². The van der Waals surface area contributed by atoms with E-state index in [0.717, 1.165) is 54.1 Å². The van der Waals surface area contributed by atoms with Crippen LogP contribution in [0.3, 0.4) is 0 Å². The zero-order valence-electron chi connectivity index (χ0n) is 17.7. The van der Waals surface area contributed by atoms with Gasteiger partial charge in [-0.15, -0.1) is 0 Å². The topological polar surface area (TPSA) is 65.4 Å². The molecule has 1 saturated heterocycles. The van der Waals surface area contributed by atoms with Crippen LogP contribution in [0.2, 0.25) is 0 Å². The van der Waals surface area contributed by atoms with E-state index in [1.54, 1.807) is 0 Å². The highest BCUT2D eigenvalue weighted by Gasteiger charge is 2.47. The smallest absolute Gasteiger partial charge is 0.191 e. The van der Waals surface area contributed by atoms with Gasteiger partial charge in [0.2, 0.25) is 0 Å². The first-order chi connectivity index (χ1) is 14.4. The van der Waals surface area contributed by atoms with Crippen LogP contribution in [0.5, 0.6) is 5.75 Å². The molecule has 0 aromatic heterocycles. The number of fused-ring (bicyclic) bond motifs is 3. The van der Waals surface area contributed by atoms with E-state index in [1.165, 1.54) is 0 Å². The number of rotatable bonds is 2. The van der Waals surface area contributed by atoms with E-state index in [4.69, 9.17) is 4.74 Å². The third-order valence-electron chi connectivity index (χ3n) is 7.02. The van der Waals surface area contributed by atoms with Gasteiger partial charge in [-0.3, -0.25) is 4.79 Å². The van der Waals surface area contributed by atoms with Gasteiger partial charge in [-0.25, -0.2) is 0 Å². The van der Waals surface area contributed by atoms with Crippen LogP contribution in [0.25, 0.3) is 0 Å². The summed E-state index contributed by atoms with van der Waals surface area (Å²) < 4.78 is 6.30. The lowest BCUT2D eigenvalue weighted by atomic mass is 9.70. The van der Waals surface area contributed by atoms with E-state index in [-0.39, 0.29) is 29.3 Å². The maximum atomic E-state index is 13.5. The third-order valence-corrected chi connectivity index (χ3v) is 7.02. The summed E-state index contributed by atoms with van der Waals surface area (Å²) in [5, 5.41) is 12.8. The number of carbonyl (C=O) groups excluding carboxylic acids is 1. The van der Waals surface area contributed by atoms with Gasteiger partial charge >= 0.3 is 0 Å². The van der Waals surface area contributed by atoms with Gasteiger partial charge in [-0.1, -0.05) is 19.9 Å².